The number of anilines is 1. The highest BCUT2D eigenvalue weighted by atomic mass is 32.1. The number of aromatic nitrogens is 1. The van der Waals surface area contributed by atoms with Gasteiger partial charge in [-0.2, -0.15) is 0 Å². The van der Waals surface area contributed by atoms with E-state index in [1.54, 1.807) is 27.9 Å². The predicted octanol–water partition coefficient (Wildman–Crippen LogP) is 0.439. The summed E-state index contributed by atoms with van der Waals surface area (Å²) in [6.45, 7) is 3.32. The molecule has 7 heteroatoms. The molecule has 0 saturated carbocycles. The van der Waals surface area contributed by atoms with E-state index >= 15 is 0 Å². The first-order chi connectivity index (χ1) is 7.82. The normalized spacial score (nSPS) is 12.1. The number of nitrogens with one attached hydrogen (secondary N) is 1. The van der Waals surface area contributed by atoms with Gasteiger partial charge in [0.15, 0.2) is 5.13 Å². The molecule has 0 aliphatic carbocycles. The summed E-state index contributed by atoms with van der Waals surface area (Å²) in [5.74, 6) is -0.441. The zero-order chi connectivity index (χ0) is 13.2. The van der Waals surface area contributed by atoms with Gasteiger partial charge in [-0.25, -0.2) is 4.98 Å². The Balaban J connectivity index is 2.89. The van der Waals surface area contributed by atoms with Crippen molar-refractivity contribution in [2.75, 3.05) is 19.4 Å². The molecule has 1 aromatic heterocycles. The number of rotatable bonds is 3. The number of carbonyl (C=O) groups excluding carboxylic acids is 2. The van der Waals surface area contributed by atoms with Crippen molar-refractivity contribution in [3.63, 3.8) is 0 Å². The van der Waals surface area contributed by atoms with E-state index in [9.17, 15) is 9.59 Å². The lowest BCUT2D eigenvalue weighted by Gasteiger charge is -2.07. The molecule has 0 aliphatic heterocycles. The summed E-state index contributed by atoms with van der Waals surface area (Å²) >= 11 is 1.15. The lowest BCUT2D eigenvalue weighted by Crippen LogP contribution is -2.32. The Morgan fingerprint density at radius 1 is 1.47 bits per heavy atom. The van der Waals surface area contributed by atoms with Crippen LogP contribution in [-0.4, -0.2) is 41.8 Å². The number of amides is 2. The molecule has 0 radical (unpaired) electrons. The number of nitrogens with two attached hydrogens (primary N) is 1. The topological polar surface area (TPSA) is 88.3 Å². The van der Waals surface area contributed by atoms with E-state index in [0.717, 1.165) is 11.3 Å². The van der Waals surface area contributed by atoms with Crippen molar-refractivity contribution in [2.45, 2.75) is 19.9 Å². The number of carbonyl (C=O) groups is 2. The minimum absolute atomic E-state index is 0.124. The highest BCUT2D eigenvalue weighted by molar-refractivity contribution is 7.17. The SMILES string of the molecule is Cc1nc(NC(=O)C(C)N)sc1C(=O)N(C)C. The molecular weight excluding hydrogens is 240 g/mol. The Hall–Kier alpha value is -1.47. The molecule has 1 rings (SSSR count). The third-order valence-corrected chi connectivity index (χ3v) is 3.10. The van der Waals surface area contributed by atoms with Crippen molar-refractivity contribution in [3.8, 4) is 0 Å². The Kier molecular flexibility index (Phi) is 4.19. The summed E-state index contributed by atoms with van der Waals surface area (Å²) in [5, 5.41) is 2.97. The number of hydrogen-bond donors (Lipinski definition) is 2. The van der Waals surface area contributed by atoms with Gasteiger partial charge in [0.25, 0.3) is 5.91 Å². The second-order valence-electron chi connectivity index (χ2n) is 3.91. The van der Waals surface area contributed by atoms with E-state index in [0.29, 0.717) is 15.7 Å². The summed E-state index contributed by atoms with van der Waals surface area (Å²) in [6, 6.07) is -0.604. The molecule has 1 atom stereocenters. The molecular formula is C10H16N4O2S. The first kappa shape index (κ1) is 13.6. The zero-order valence-electron chi connectivity index (χ0n) is 10.3. The van der Waals surface area contributed by atoms with E-state index in [1.807, 2.05) is 0 Å². The Bertz CT molecular complexity index is 440. The summed E-state index contributed by atoms with van der Waals surface area (Å²) in [7, 11) is 3.34. The maximum Gasteiger partial charge on any atom is 0.265 e. The number of hydrogen-bond acceptors (Lipinski definition) is 5. The summed E-state index contributed by atoms with van der Waals surface area (Å²) in [5.41, 5.74) is 6.03. The third kappa shape index (κ3) is 3.24. The molecule has 0 aromatic carbocycles. The van der Waals surface area contributed by atoms with Gasteiger partial charge in [0.2, 0.25) is 5.91 Å². The van der Waals surface area contributed by atoms with Crippen molar-refractivity contribution in [1.29, 1.82) is 0 Å². The van der Waals surface area contributed by atoms with Crippen LogP contribution >= 0.6 is 11.3 Å². The summed E-state index contributed by atoms with van der Waals surface area (Å²) < 4.78 is 0. The largest absolute Gasteiger partial charge is 0.344 e. The van der Waals surface area contributed by atoms with Crippen LogP contribution in [0.25, 0.3) is 0 Å². The van der Waals surface area contributed by atoms with E-state index in [4.69, 9.17) is 5.73 Å². The maximum atomic E-state index is 11.8. The first-order valence-corrected chi connectivity index (χ1v) is 5.90. The standard InChI is InChI=1S/C10H16N4O2S/c1-5(11)8(15)13-10-12-6(2)7(17-10)9(16)14(3)4/h5H,11H2,1-4H3,(H,12,13,15). The van der Waals surface area contributed by atoms with E-state index in [2.05, 4.69) is 10.3 Å². The van der Waals surface area contributed by atoms with Crippen molar-refractivity contribution < 1.29 is 9.59 Å². The molecule has 1 unspecified atom stereocenters. The molecule has 2 amide bonds. The first-order valence-electron chi connectivity index (χ1n) is 5.08. The summed E-state index contributed by atoms with van der Waals surface area (Å²) in [4.78, 5) is 29.2. The van der Waals surface area contributed by atoms with Crippen LogP contribution in [0.1, 0.15) is 22.3 Å². The average Bonchev–Trinajstić information content (AvgIpc) is 2.57. The van der Waals surface area contributed by atoms with Gasteiger partial charge in [-0.15, -0.1) is 0 Å². The quantitative estimate of drug-likeness (QED) is 0.821. The van der Waals surface area contributed by atoms with Gasteiger partial charge in [0.05, 0.1) is 11.7 Å². The van der Waals surface area contributed by atoms with Gasteiger partial charge in [0, 0.05) is 14.1 Å². The highest BCUT2D eigenvalue weighted by Crippen LogP contribution is 2.23. The molecule has 1 heterocycles. The van der Waals surface area contributed by atoms with Crippen LogP contribution in [0, 0.1) is 6.92 Å². The molecule has 0 aliphatic rings. The van der Waals surface area contributed by atoms with Crippen LogP contribution in [0.2, 0.25) is 0 Å². The van der Waals surface area contributed by atoms with E-state index < -0.39 is 6.04 Å². The fourth-order valence-electron chi connectivity index (χ4n) is 1.07. The van der Waals surface area contributed by atoms with Crippen LogP contribution in [0.3, 0.4) is 0 Å². The molecule has 3 N–H and O–H groups in total. The number of aryl methyl sites for hydroxylation is 1. The second-order valence-corrected chi connectivity index (χ2v) is 4.91. The monoisotopic (exact) mass is 256 g/mol. The molecule has 94 valence electrons. The minimum atomic E-state index is -0.604. The number of nitrogens with zero attached hydrogens (tertiary/aromatic N) is 2. The molecule has 0 bridgehead atoms. The van der Waals surface area contributed by atoms with Gasteiger partial charge in [-0.3, -0.25) is 9.59 Å². The van der Waals surface area contributed by atoms with Gasteiger partial charge in [-0.1, -0.05) is 11.3 Å². The molecule has 6 nitrogen and oxygen atoms in total. The Morgan fingerprint density at radius 2 is 2.06 bits per heavy atom. The van der Waals surface area contributed by atoms with Crippen LogP contribution in [-0.2, 0) is 4.79 Å². The van der Waals surface area contributed by atoms with Crippen molar-refractivity contribution in [1.82, 2.24) is 9.88 Å². The minimum Gasteiger partial charge on any atom is -0.344 e. The van der Waals surface area contributed by atoms with Gasteiger partial charge in [-0.05, 0) is 13.8 Å². The van der Waals surface area contributed by atoms with E-state index in [1.165, 1.54) is 4.90 Å². The highest BCUT2D eigenvalue weighted by Gasteiger charge is 2.18. The molecule has 17 heavy (non-hydrogen) atoms. The molecule has 0 saturated heterocycles. The molecule has 1 aromatic rings. The smallest absolute Gasteiger partial charge is 0.265 e. The average molecular weight is 256 g/mol. The molecule has 0 spiro atoms. The fraction of sp³-hybridized carbons (Fsp3) is 0.500. The fourth-order valence-corrected chi connectivity index (χ4v) is 2.06. The van der Waals surface area contributed by atoms with Crippen LogP contribution in [0.15, 0.2) is 0 Å². The van der Waals surface area contributed by atoms with Crippen molar-refractivity contribution in [3.05, 3.63) is 10.6 Å². The Labute approximate surface area is 104 Å². The second kappa shape index (κ2) is 5.24. The van der Waals surface area contributed by atoms with Crippen molar-refractivity contribution in [2.24, 2.45) is 5.73 Å². The van der Waals surface area contributed by atoms with Gasteiger partial charge < -0.3 is 16.0 Å². The van der Waals surface area contributed by atoms with Gasteiger partial charge in [0.1, 0.15) is 4.88 Å². The van der Waals surface area contributed by atoms with Gasteiger partial charge >= 0.3 is 0 Å². The van der Waals surface area contributed by atoms with E-state index in [-0.39, 0.29) is 11.8 Å². The Morgan fingerprint density at radius 3 is 2.53 bits per heavy atom. The number of thiazole rings is 1. The predicted molar refractivity (Wildman–Crippen MR) is 67.1 cm³/mol. The van der Waals surface area contributed by atoms with Crippen molar-refractivity contribution >= 4 is 28.3 Å². The maximum absolute atomic E-state index is 11.8. The summed E-state index contributed by atoms with van der Waals surface area (Å²) in [6.07, 6.45) is 0. The molecule has 0 fully saturated rings. The van der Waals surface area contributed by atoms with Crippen LogP contribution in [0.4, 0.5) is 5.13 Å². The third-order valence-electron chi connectivity index (χ3n) is 2.04. The lowest BCUT2D eigenvalue weighted by atomic mass is 10.3. The van der Waals surface area contributed by atoms with Crippen LogP contribution in [0.5, 0.6) is 0 Å². The lowest BCUT2D eigenvalue weighted by molar-refractivity contribution is -0.117. The van der Waals surface area contributed by atoms with Crippen LogP contribution < -0.4 is 11.1 Å². The zero-order valence-corrected chi connectivity index (χ0v) is 11.1.